The highest BCUT2D eigenvalue weighted by Gasteiger charge is 2.00. The zero-order chi connectivity index (χ0) is 8.97. The Balaban J connectivity index is 2.75. The van der Waals surface area contributed by atoms with Gasteiger partial charge in [0.2, 0.25) is 0 Å². The lowest BCUT2D eigenvalue weighted by Crippen LogP contribution is -1.86. The average molecular weight is 276 g/mol. The van der Waals surface area contributed by atoms with E-state index in [1.54, 1.807) is 6.07 Å². The summed E-state index contributed by atoms with van der Waals surface area (Å²) in [5, 5.41) is 9.46. The van der Waals surface area contributed by atoms with E-state index in [1.807, 2.05) is 12.1 Å². The van der Waals surface area contributed by atoms with E-state index in [1.165, 1.54) is 9.99 Å². The summed E-state index contributed by atoms with van der Waals surface area (Å²) >= 11 is 2.26. The summed E-state index contributed by atoms with van der Waals surface area (Å²) in [7, 11) is 0. The van der Waals surface area contributed by atoms with Crippen LogP contribution in [0.25, 0.3) is 0 Å². The van der Waals surface area contributed by atoms with E-state index in [9.17, 15) is 5.11 Å². The normalized spacial score (nSPS) is 10.2. The summed E-state index contributed by atoms with van der Waals surface area (Å²) in [5.41, 5.74) is 1.07. The molecular formula is C10H13IO. The maximum absolute atomic E-state index is 9.46. The van der Waals surface area contributed by atoms with Crippen LogP contribution in [-0.2, 0) is 6.42 Å². The SMILES string of the molecule is CCCCc1cc(I)ccc1O. The van der Waals surface area contributed by atoms with Gasteiger partial charge in [0.1, 0.15) is 5.75 Å². The smallest absolute Gasteiger partial charge is 0.118 e. The number of unbranched alkanes of at least 4 members (excludes halogenated alkanes) is 1. The van der Waals surface area contributed by atoms with Gasteiger partial charge in [0.25, 0.3) is 0 Å². The minimum Gasteiger partial charge on any atom is -0.508 e. The lowest BCUT2D eigenvalue weighted by molar-refractivity contribution is 0.467. The molecule has 0 aliphatic heterocycles. The van der Waals surface area contributed by atoms with Gasteiger partial charge in [-0.15, -0.1) is 0 Å². The summed E-state index contributed by atoms with van der Waals surface area (Å²) < 4.78 is 1.19. The van der Waals surface area contributed by atoms with Gasteiger partial charge in [0.15, 0.2) is 0 Å². The Morgan fingerprint density at radius 3 is 2.83 bits per heavy atom. The van der Waals surface area contributed by atoms with E-state index in [4.69, 9.17) is 0 Å². The van der Waals surface area contributed by atoms with Crippen molar-refractivity contribution in [3.05, 3.63) is 27.3 Å². The molecule has 66 valence electrons. The van der Waals surface area contributed by atoms with Gasteiger partial charge < -0.3 is 5.11 Å². The molecule has 0 amide bonds. The highest BCUT2D eigenvalue weighted by molar-refractivity contribution is 14.1. The second-order valence-corrected chi connectivity index (χ2v) is 4.12. The van der Waals surface area contributed by atoms with Crippen molar-refractivity contribution in [2.45, 2.75) is 26.2 Å². The number of aromatic hydroxyl groups is 1. The van der Waals surface area contributed by atoms with E-state index >= 15 is 0 Å². The monoisotopic (exact) mass is 276 g/mol. The molecule has 0 saturated carbocycles. The predicted octanol–water partition coefficient (Wildman–Crippen LogP) is 3.34. The summed E-state index contributed by atoms with van der Waals surface area (Å²) in [6.07, 6.45) is 3.30. The lowest BCUT2D eigenvalue weighted by atomic mass is 10.1. The molecule has 0 bridgehead atoms. The number of aryl methyl sites for hydroxylation is 1. The predicted molar refractivity (Wildman–Crippen MR) is 59.4 cm³/mol. The van der Waals surface area contributed by atoms with Crippen LogP contribution < -0.4 is 0 Å². The minimum absolute atomic E-state index is 0.434. The largest absolute Gasteiger partial charge is 0.508 e. The van der Waals surface area contributed by atoms with E-state index in [-0.39, 0.29) is 0 Å². The molecule has 1 aromatic rings. The number of benzene rings is 1. The number of rotatable bonds is 3. The molecule has 2 heteroatoms. The fourth-order valence-corrected chi connectivity index (χ4v) is 1.68. The van der Waals surface area contributed by atoms with Gasteiger partial charge in [-0.05, 0) is 59.2 Å². The van der Waals surface area contributed by atoms with Crippen molar-refractivity contribution < 1.29 is 5.11 Å². The van der Waals surface area contributed by atoms with Gasteiger partial charge in [-0.25, -0.2) is 0 Å². The first-order valence-electron chi connectivity index (χ1n) is 4.21. The van der Waals surface area contributed by atoms with Crippen LogP contribution in [-0.4, -0.2) is 5.11 Å². The van der Waals surface area contributed by atoms with Gasteiger partial charge in [-0.1, -0.05) is 13.3 Å². The minimum atomic E-state index is 0.434. The maximum atomic E-state index is 9.46. The first kappa shape index (κ1) is 9.84. The molecule has 0 atom stereocenters. The zero-order valence-electron chi connectivity index (χ0n) is 7.18. The third-order valence-corrected chi connectivity index (χ3v) is 2.51. The summed E-state index contributed by atoms with van der Waals surface area (Å²) in [6.45, 7) is 2.16. The van der Waals surface area contributed by atoms with Gasteiger partial charge in [-0.3, -0.25) is 0 Å². The van der Waals surface area contributed by atoms with E-state index in [0.717, 1.165) is 18.4 Å². The molecule has 0 unspecified atom stereocenters. The van der Waals surface area contributed by atoms with E-state index < -0.39 is 0 Å². The van der Waals surface area contributed by atoms with Gasteiger partial charge in [0.05, 0.1) is 0 Å². The van der Waals surface area contributed by atoms with Gasteiger partial charge in [-0.2, -0.15) is 0 Å². The van der Waals surface area contributed by atoms with Crippen molar-refractivity contribution in [3.8, 4) is 5.75 Å². The van der Waals surface area contributed by atoms with Crippen LogP contribution in [0.5, 0.6) is 5.75 Å². The van der Waals surface area contributed by atoms with Crippen LogP contribution in [0.1, 0.15) is 25.3 Å². The second kappa shape index (κ2) is 4.70. The van der Waals surface area contributed by atoms with Crippen LogP contribution >= 0.6 is 22.6 Å². The second-order valence-electron chi connectivity index (χ2n) is 2.88. The first-order valence-corrected chi connectivity index (χ1v) is 5.29. The van der Waals surface area contributed by atoms with Crippen molar-refractivity contribution >= 4 is 22.6 Å². The van der Waals surface area contributed by atoms with Crippen LogP contribution in [0.4, 0.5) is 0 Å². The van der Waals surface area contributed by atoms with Crippen molar-refractivity contribution in [2.75, 3.05) is 0 Å². The third kappa shape index (κ3) is 2.66. The van der Waals surface area contributed by atoms with Crippen molar-refractivity contribution in [3.63, 3.8) is 0 Å². The lowest BCUT2D eigenvalue weighted by Gasteiger charge is -2.03. The Morgan fingerprint density at radius 1 is 1.42 bits per heavy atom. The summed E-state index contributed by atoms with van der Waals surface area (Å²) in [5.74, 6) is 0.434. The van der Waals surface area contributed by atoms with E-state index in [0.29, 0.717) is 5.75 Å². The fourth-order valence-electron chi connectivity index (χ4n) is 1.12. The molecule has 1 nitrogen and oxygen atoms in total. The molecule has 12 heavy (non-hydrogen) atoms. The number of hydrogen-bond acceptors (Lipinski definition) is 1. The quantitative estimate of drug-likeness (QED) is 0.839. The molecule has 0 spiro atoms. The van der Waals surface area contributed by atoms with Gasteiger partial charge >= 0.3 is 0 Å². The maximum Gasteiger partial charge on any atom is 0.118 e. The Morgan fingerprint density at radius 2 is 2.17 bits per heavy atom. The molecule has 1 rings (SSSR count). The third-order valence-electron chi connectivity index (χ3n) is 1.84. The number of phenols is 1. The Labute approximate surface area is 86.9 Å². The van der Waals surface area contributed by atoms with Crippen LogP contribution in [0, 0.1) is 3.57 Å². The number of phenolic OH excluding ortho intramolecular Hbond substituents is 1. The molecular weight excluding hydrogens is 263 g/mol. The Kier molecular flexibility index (Phi) is 3.85. The van der Waals surface area contributed by atoms with Crippen molar-refractivity contribution in [1.29, 1.82) is 0 Å². The molecule has 1 N–H and O–H groups in total. The molecule has 0 aliphatic carbocycles. The molecule has 0 radical (unpaired) electrons. The Bertz CT molecular complexity index is 258. The van der Waals surface area contributed by atoms with Crippen LogP contribution in [0.2, 0.25) is 0 Å². The van der Waals surface area contributed by atoms with Gasteiger partial charge in [0, 0.05) is 3.57 Å². The van der Waals surface area contributed by atoms with Crippen molar-refractivity contribution in [1.82, 2.24) is 0 Å². The summed E-state index contributed by atoms with van der Waals surface area (Å²) in [6, 6.07) is 5.74. The number of hydrogen-bond donors (Lipinski definition) is 1. The highest BCUT2D eigenvalue weighted by Crippen LogP contribution is 2.21. The first-order chi connectivity index (χ1) is 5.74. The molecule has 0 heterocycles. The molecule has 0 aromatic heterocycles. The topological polar surface area (TPSA) is 20.2 Å². The fraction of sp³-hybridized carbons (Fsp3) is 0.400. The number of halogens is 1. The van der Waals surface area contributed by atoms with E-state index in [2.05, 4.69) is 29.5 Å². The van der Waals surface area contributed by atoms with Crippen LogP contribution in [0.3, 0.4) is 0 Å². The van der Waals surface area contributed by atoms with Crippen LogP contribution in [0.15, 0.2) is 18.2 Å². The molecule has 0 fully saturated rings. The molecule has 0 aliphatic rings. The Hall–Kier alpha value is -0.250. The standard InChI is InChI=1S/C10H13IO/c1-2-3-4-8-7-9(11)5-6-10(8)12/h5-7,12H,2-4H2,1H3. The molecule has 0 saturated heterocycles. The average Bonchev–Trinajstić information content (AvgIpc) is 2.07. The van der Waals surface area contributed by atoms with Crippen molar-refractivity contribution in [2.24, 2.45) is 0 Å². The summed E-state index contributed by atoms with van der Waals surface area (Å²) in [4.78, 5) is 0. The zero-order valence-corrected chi connectivity index (χ0v) is 9.34. The molecule has 1 aromatic carbocycles. The highest BCUT2D eigenvalue weighted by atomic mass is 127.